The highest BCUT2D eigenvalue weighted by Crippen LogP contribution is 2.26. The number of hydrogen-bond donors (Lipinski definition) is 4. The molecular weight excluding hydrogens is 541 g/mol. The number of aryl methyl sites for hydroxylation is 1. The zero-order valence-corrected chi connectivity index (χ0v) is 22.7. The average Bonchev–Trinajstić information content (AvgIpc) is 2.87. The minimum absolute atomic E-state index is 0.137. The Morgan fingerprint density at radius 2 is 2.03 bits per heavy atom. The Bertz CT molecular complexity index is 1110. The van der Waals surface area contributed by atoms with E-state index in [1.807, 2.05) is 18.2 Å². The van der Waals surface area contributed by atoms with Gasteiger partial charge in [0.15, 0.2) is 5.96 Å². The summed E-state index contributed by atoms with van der Waals surface area (Å²) in [6.45, 7) is 2.13. The highest BCUT2D eigenvalue weighted by molar-refractivity contribution is 9.10. The molecule has 37 heavy (non-hydrogen) atoms. The van der Waals surface area contributed by atoms with E-state index in [0.29, 0.717) is 30.7 Å². The normalized spacial score (nSPS) is 15.7. The van der Waals surface area contributed by atoms with Crippen LogP contribution in [0.1, 0.15) is 53.6 Å². The molecule has 0 unspecified atom stereocenters. The Labute approximate surface area is 225 Å². The summed E-state index contributed by atoms with van der Waals surface area (Å²) in [7, 11) is 1.58. The smallest absolute Gasteiger partial charge is 0.258 e. The topological polar surface area (TPSA) is 121 Å². The number of unbranched alkanes of at least 4 members (excludes halogenated alkanes) is 1. The Morgan fingerprint density at radius 1 is 1.22 bits per heavy atom. The molecule has 3 rings (SSSR count). The number of primary amides is 1. The molecule has 0 radical (unpaired) electrons. The van der Waals surface area contributed by atoms with Crippen molar-refractivity contribution in [1.82, 2.24) is 15.5 Å². The van der Waals surface area contributed by atoms with Gasteiger partial charge in [0, 0.05) is 22.1 Å². The number of rotatable bonds is 11. The number of methoxy groups -OCH3 is 1. The lowest BCUT2D eigenvalue weighted by atomic mass is 9.98. The third kappa shape index (κ3) is 8.26. The molecule has 200 valence electrons. The Morgan fingerprint density at radius 3 is 2.78 bits per heavy atom. The molecule has 2 aromatic rings. The maximum atomic E-state index is 14.7. The van der Waals surface area contributed by atoms with Crippen LogP contribution in [0.15, 0.2) is 40.9 Å². The van der Waals surface area contributed by atoms with Gasteiger partial charge in [0.2, 0.25) is 5.91 Å². The molecule has 1 atom stereocenters. The molecule has 8 nitrogen and oxygen atoms in total. The summed E-state index contributed by atoms with van der Waals surface area (Å²) in [5, 5.41) is 13.5. The molecule has 2 aromatic carbocycles. The standard InChI is InChI=1S/C27H35BrFN5O3/c1-37-24-13-11-19(28)17-18(24)10-12-20-21(7-6-8-22(20)29)26(36)33-27(31)32-14-3-5-16-34-15-4-2-9-23(34)25(30)35/h6-8,11,13,17,23H,2-5,9-10,12,14-16H2,1H3,(H2,30,35)(H3,31,32,33,36)/t23-/m0/s1. The van der Waals surface area contributed by atoms with Crippen LogP contribution in [0, 0.1) is 11.2 Å². The van der Waals surface area contributed by atoms with E-state index in [0.717, 1.165) is 55.2 Å². The van der Waals surface area contributed by atoms with Crippen molar-refractivity contribution in [2.45, 2.75) is 51.0 Å². The quantitative estimate of drug-likeness (QED) is 0.185. The van der Waals surface area contributed by atoms with Gasteiger partial charge in [-0.25, -0.2) is 4.39 Å². The SMILES string of the molecule is COc1ccc(Br)cc1CCc1c(F)cccc1C(=O)NC(=N)NCCCCN1CCCC[C@H]1C(N)=O. The lowest BCUT2D eigenvalue weighted by Crippen LogP contribution is -2.48. The monoisotopic (exact) mass is 575 g/mol. The predicted molar refractivity (Wildman–Crippen MR) is 145 cm³/mol. The van der Waals surface area contributed by atoms with Crippen LogP contribution in [-0.2, 0) is 17.6 Å². The largest absolute Gasteiger partial charge is 0.496 e. The second-order valence-corrected chi connectivity index (χ2v) is 10.1. The van der Waals surface area contributed by atoms with E-state index in [9.17, 15) is 14.0 Å². The van der Waals surface area contributed by atoms with Crippen molar-refractivity contribution in [3.05, 3.63) is 63.4 Å². The first-order chi connectivity index (χ1) is 17.8. The third-order valence-corrected chi connectivity index (χ3v) is 7.10. The number of benzene rings is 2. The molecular formula is C27H35BrFN5O3. The summed E-state index contributed by atoms with van der Waals surface area (Å²) in [6.07, 6.45) is 5.28. The van der Waals surface area contributed by atoms with E-state index in [-0.39, 0.29) is 23.5 Å². The molecule has 1 aliphatic rings. The molecule has 1 fully saturated rings. The number of carbonyl (C=O) groups excluding carboxylic acids is 2. The summed E-state index contributed by atoms with van der Waals surface area (Å²) >= 11 is 3.44. The maximum absolute atomic E-state index is 14.7. The number of carbonyl (C=O) groups is 2. The van der Waals surface area contributed by atoms with Gasteiger partial charge in [0.05, 0.1) is 13.2 Å². The second kappa shape index (κ2) is 14.1. The van der Waals surface area contributed by atoms with Gasteiger partial charge in [-0.05, 0) is 87.5 Å². The van der Waals surface area contributed by atoms with E-state index in [4.69, 9.17) is 15.9 Å². The van der Waals surface area contributed by atoms with Crippen LogP contribution in [0.4, 0.5) is 4.39 Å². The number of likely N-dealkylation sites (tertiary alicyclic amines) is 1. The molecule has 1 saturated heterocycles. The van der Waals surface area contributed by atoms with Gasteiger partial charge >= 0.3 is 0 Å². The van der Waals surface area contributed by atoms with Gasteiger partial charge in [-0.15, -0.1) is 0 Å². The Hall–Kier alpha value is -2.98. The molecule has 0 aromatic heterocycles. The van der Waals surface area contributed by atoms with Gasteiger partial charge in [0.25, 0.3) is 5.91 Å². The van der Waals surface area contributed by atoms with Crippen molar-refractivity contribution >= 4 is 33.7 Å². The van der Waals surface area contributed by atoms with Gasteiger partial charge < -0.3 is 15.8 Å². The van der Waals surface area contributed by atoms with E-state index < -0.39 is 11.7 Å². The first-order valence-corrected chi connectivity index (χ1v) is 13.4. The second-order valence-electron chi connectivity index (χ2n) is 9.14. The lowest BCUT2D eigenvalue weighted by Gasteiger charge is -2.33. The van der Waals surface area contributed by atoms with Crippen molar-refractivity contribution in [3.8, 4) is 5.75 Å². The summed E-state index contributed by atoms with van der Waals surface area (Å²) in [5.41, 5.74) is 6.90. The van der Waals surface area contributed by atoms with Crippen LogP contribution in [0.25, 0.3) is 0 Å². The fraction of sp³-hybridized carbons (Fsp3) is 0.444. The van der Waals surface area contributed by atoms with Gasteiger partial charge in [-0.3, -0.25) is 25.2 Å². The third-order valence-electron chi connectivity index (χ3n) is 6.60. The van der Waals surface area contributed by atoms with Crippen LogP contribution in [0.2, 0.25) is 0 Å². The molecule has 2 amide bonds. The van der Waals surface area contributed by atoms with Crippen molar-refractivity contribution in [3.63, 3.8) is 0 Å². The summed E-state index contributed by atoms with van der Waals surface area (Å²) in [5.74, 6) is -0.711. The highest BCUT2D eigenvalue weighted by Gasteiger charge is 2.26. The average molecular weight is 577 g/mol. The molecule has 0 saturated carbocycles. The van der Waals surface area contributed by atoms with Crippen LogP contribution in [0.5, 0.6) is 5.75 Å². The number of nitrogens with one attached hydrogen (secondary N) is 3. The molecule has 0 bridgehead atoms. The zero-order valence-electron chi connectivity index (χ0n) is 21.1. The summed E-state index contributed by atoms with van der Waals surface area (Å²) in [6, 6.07) is 9.82. The predicted octanol–water partition coefficient (Wildman–Crippen LogP) is 3.76. The fourth-order valence-electron chi connectivity index (χ4n) is 4.69. The van der Waals surface area contributed by atoms with Crippen LogP contribution in [-0.4, -0.2) is 55.5 Å². The minimum Gasteiger partial charge on any atom is -0.496 e. The molecule has 0 spiro atoms. The van der Waals surface area contributed by atoms with Crippen molar-refractivity contribution in [2.75, 3.05) is 26.7 Å². The number of nitrogens with two attached hydrogens (primary N) is 1. The molecule has 1 aliphatic heterocycles. The summed E-state index contributed by atoms with van der Waals surface area (Å²) < 4.78 is 21.0. The Kier molecular flexibility index (Phi) is 10.9. The molecule has 1 heterocycles. The van der Waals surface area contributed by atoms with E-state index in [1.54, 1.807) is 13.2 Å². The maximum Gasteiger partial charge on any atom is 0.258 e. The summed E-state index contributed by atoms with van der Waals surface area (Å²) in [4.78, 5) is 26.6. The van der Waals surface area contributed by atoms with Crippen molar-refractivity contribution < 1.29 is 18.7 Å². The lowest BCUT2D eigenvalue weighted by molar-refractivity contribution is -0.124. The number of guanidine groups is 1. The first-order valence-electron chi connectivity index (χ1n) is 12.6. The van der Waals surface area contributed by atoms with E-state index in [1.165, 1.54) is 12.1 Å². The Balaban J connectivity index is 1.49. The molecule has 10 heteroatoms. The highest BCUT2D eigenvalue weighted by atomic mass is 79.9. The number of ether oxygens (including phenoxy) is 1. The van der Waals surface area contributed by atoms with Gasteiger partial charge in [-0.1, -0.05) is 28.4 Å². The van der Waals surface area contributed by atoms with Gasteiger partial charge in [0.1, 0.15) is 11.6 Å². The van der Waals surface area contributed by atoms with Crippen molar-refractivity contribution in [2.24, 2.45) is 5.73 Å². The first kappa shape index (κ1) is 28.6. The van der Waals surface area contributed by atoms with Crippen LogP contribution >= 0.6 is 15.9 Å². The number of piperidine rings is 1. The van der Waals surface area contributed by atoms with Crippen LogP contribution in [0.3, 0.4) is 0 Å². The van der Waals surface area contributed by atoms with E-state index in [2.05, 4.69) is 31.5 Å². The molecule has 0 aliphatic carbocycles. The number of amides is 2. The van der Waals surface area contributed by atoms with E-state index >= 15 is 0 Å². The minimum atomic E-state index is -0.536. The zero-order chi connectivity index (χ0) is 26.8. The number of halogens is 2. The number of nitrogens with zero attached hydrogens (tertiary/aromatic N) is 1. The number of hydrogen-bond acceptors (Lipinski definition) is 5. The van der Waals surface area contributed by atoms with Crippen molar-refractivity contribution in [1.29, 1.82) is 5.41 Å². The van der Waals surface area contributed by atoms with Crippen LogP contribution < -0.4 is 21.1 Å². The fourth-order valence-corrected chi connectivity index (χ4v) is 5.10. The van der Waals surface area contributed by atoms with Gasteiger partial charge in [-0.2, -0.15) is 0 Å². The molecule has 5 N–H and O–H groups in total.